The van der Waals surface area contributed by atoms with Gasteiger partial charge in [0.05, 0.1) is 18.7 Å². The maximum absolute atomic E-state index is 11.5. The van der Waals surface area contributed by atoms with Gasteiger partial charge in [-0.1, -0.05) is 12.7 Å². The number of aliphatic hydroxyl groups is 1. The van der Waals surface area contributed by atoms with E-state index in [1.165, 1.54) is 11.0 Å². The normalized spacial score (nSPS) is 17.5. The van der Waals surface area contributed by atoms with Crippen LogP contribution in [0.4, 0.5) is 4.79 Å². The van der Waals surface area contributed by atoms with Crippen molar-refractivity contribution in [3.8, 4) is 0 Å². The van der Waals surface area contributed by atoms with Crippen LogP contribution in [0.3, 0.4) is 0 Å². The van der Waals surface area contributed by atoms with E-state index >= 15 is 0 Å². The third-order valence-electron chi connectivity index (χ3n) is 2.77. The molecule has 0 aromatic rings. The van der Waals surface area contributed by atoms with Crippen molar-refractivity contribution in [3.63, 3.8) is 0 Å². The Kier molecular flexibility index (Phi) is 4.54. The molecule has 0 saturated carbocycles. The van der Waals surface area contributed by atoms with Crippen molar-refractivity contribution in [3.05, 3.63) is 12.7 Å². The summed E-state index contributed by atoms with van der Waals surface area (Å²) >= 11 is 0. The summed E-state index contributed by atoms with van der Waals surface area (Å²) in [6.45, 7) is 6.79. The molecule has 1 heterocycles. The first-order chi connectivity index (χ1) is 8.70. The van der Waals surface area contributed by atoms with Gasteiger partial charge in [-0.25, -0.2) is 4.79 Å². The van der Waals surface area contributed by atoms with Crippen LogP contribution in [0.15, 0.2) is 12.7 Å². The molecule has 0 bridgehead atoms. The van der Waals surface area contributed by atoms with Gasteiger partial charge in [0.2, 0.25) is 0 Å². The number of carboxylic acid groups (broad SMARTS) is 1. The molecule has 0 radical (unpaired) electrons. The van der Waals surface area contributed by atoms with E-state index in [-0.39, 0.29) is 26.2 Å². The van der Waals surface area contributed by atoms with Gasteiger partial charge < -0.3 is 19.8 Å². The molecule has 1 fully saturated rings. The van der Waals surface area contributed by atoms with Crippen molar-refractivity contribution in [1.29, 1.82) is 0 Å². The van der Waals surface area contributed by atoms with Crippen LogP contribution >= 0.6 is 0 Å². The molecular formula is C12H20N2O5. The van der Waals surface area contributed by atoms with E-state index in [4.69, 9.17) is 4.74 Å². The maximum atomic E-state index is 11.5. The highest BCUT2D eigenvalue weighted by molar-refractivity contribution is 5.84. The standard InChI is InChI=1S/C12H20N2O5/c1-4-5-19-10(17)14-7-12(8-14,9(15)16)13-6-11(2,3)18/h4,13,18H,1,5-8H2,2-3H3,(H,15,16). The molecular weight excluding hydrogens is 252 g/mol. The van der Waals surface area contributed by atoms with E-state index in [9.17, 15) is 19.8 Å². The Balaban J connectivity index is 2.53. The fraction of sp³-hybridized carbons (Fsp3) is 0.667. The third kappa shape index (κ3) is 3.93. The minimum Gasteiger partial charge on any atom is -0.480 e. The number of amides is 1. The lowest BCUT2D eigenvalue weighted by Gasteiger charge is -2.47. The zero-order valence-corrected chi connectivity index (χ0v) is 11.2. The Labute approximate surface area is 111 Å². The highest BCUT2D eigenvalue weighted by atomic mass is 16.6. The molecule has 0 unspecified atom stereocenters. The summed E-state index contributed by atoms with van der Waals surface area (Å²) < 4.78 is 4.81. The van der Waals surface area contributed by atoms with Crippen LogP contribution in [0.1, 0.15) is 13.8 Å². The van der Waals surface area contributed by atoms with Gasteiger partial charge in [0, 0.05) is 6.54 Å². The van der Waals surface area contributed by atoms with Crippen LogP contribution in [-0.4, -0.2) is 64.6 Å². The summed E-state index contributed by atoms with van der Waals surface area (Å²) in [6.07, 6.45) is 0.871. The number of nitrogens with zero attached hydrogens (tertiary/aromatic N) is 1. The Bertz CT molecular complexity index is 369. The molecule has 19 heavy (non-hydrogen) atoms. The molecule has 0 aliphatic carbocycles. The van der Waals surface area contributed by atoms with E-state index in [1.54, 1.807) is 13.8 Å². The highest BCUT2D eigenvalue weighted by Crippen LogP contribution is 2.23. The lowest BCUT2D eigenvalue weighted by Crippen LogP contribution is -2.75. The molecule has 1 saturated heterocycles. The lowest BCUT2D eigenvalue weighted by atomic mass is 9.89. The van der Waals surface area contributed by atoms with Crippen LogP contribution in [0.2, 0.25) is 0 Å². The molecule has 0 spiro atoms. The average Bonchev–Trinajstić information content (AvgIpc) is 2.22. The van der Waals surface area contributed by atoms with Crippen LogP contribution in [0, 0.1) is 0 Å². The molecule has 7 nitrogen and oxygen atoms in total. The van der Waals surface area contributed by atoms with E-state index in [0.717, 1.165) is 0 Å². The zero-order valence-electron chi connectivity index (χ0n) is 11.2. The Morgan fingerprint density at radius 3 is 2.53 bits per heavy atom. The first kappa shape index (κ1) is 15.5. The predicted molar refractivity (Wildman–Crippen MR) is 67.8 cm³/mol. The molecule has 1 aliphatic rings. The van der Waals surface area contributed by atoms with Crippen molar-refractivity contribution < 1.29 is 24.5 Å². The first-order valence-corrected chi connectivity index (χ1v) is 5.94. The van der Waals surface area contributed by atoms with Crippen molar-refractivity contribution in [2.45, 2.75) is 25.0 Å². The number of hydrogen-bond donors (Lipinski definition) is 3. The van der Waals surface area contributed by atoms with E-state index in [1.807, 2.05) is 0 Å². The number of hydrogen-bond acceptors (Lipinski definition) is 5. The summed E-state index contributed by atoms with van der Waals surface area (Å²) in [5, 5.41) is 21.6. The second kappa shape index (κ2) is 5.58. The molecule has 0 aromatic heterocycles. The Morgan fingerprint density at radius 1 is 1.53 bits per heavy atom. The molecule has 7 heteroatoms. The molecule has 3 N–H and O–H groups in total. The van der Waals surface area contributed by atoms with Gasteiger partial charge in [-0.2, -0.15) is 0 Å². The minimum atomic E-state index is -1.22. The zero-order chi connectivity index (χ0) is 14.7. The molecule has 1 amide bonds. The topological polar surface area (TPSA) is 99.1 Å². The smallest absolute Gasteiger partial charge is 0.410 e. The Morgan fingerprint density at radius 2 is 2.11 bits per heavy atom. The molecule has 1 aliphatic heterocycles. The van der Waals surface area contributed by atoms with Crippen LogP contribution in [0.5, 0.6) is 0 Å². The first-order valence-electron chi connectivity index (χ1n) is 5.94. The molecule has 0 aromatic carbocycles. The Hall–Kier alpha value is -1.60. The SMILES string of the molecule is C=CCOC(=O)N1CC(NCC(C)(C)O)(C(=O)O)C1. The summed E-state index contributed by atoms with van der Waals surface area (Å²) in [7, 11) is 0. The maximum Gasteiger partial charge on any atom is 0.410 e. The summed E-state index contributed by atoms with van der Waals surface area (Å²) in [5.41, 5.74) is -2.24. The third-order valence-corrected chi connectivity index (χ3v) is 2.77. The number of likely N-dealkylation sites (tertiary alicyclic amines) is 1. The van der Waals surface area contributed by atoms with Crippen molar-refractivity contribution in [2.75, 3.05) is 26.2 Å². The number of carbonyl (C=O) groups is 2. The highest BCUT2D eigenvalue weighted by Gasteiger charge is 2.52. The quantitative estimate of drug-likeness (QED) is 0.580. The fourth-order valence-corrected chi connectivity index (χ4v) is 1.66. The largest absolute Gasteiger partial charge is 0.480 e. The van der Waals surface area contributed by atoms with Crippen LogP contribution in [-0.2, 0) is 9.53 Å². The number of ether oxygens (including phenoxy) is 1. The van der Waals surface area contributed by atoms with Crippen molar-refractivity contribution >= 4 is 12.1 Å². The molecule has 108 valence electrons. The van der Waals surface area contributed by atoms with Crippen molar-refractivity contribution in [2.24, 2.45) is 0 Å². The van der Waals surface area contributed by atoms with Gasteiger partial charge in [0.25, 0.3) is 0 Å². The van der Waals surface area contributed by atoms with Crippen LogP contribution < -0.4 is 5.32 Å². The summed E-state index contributed by atoms with van der Waals surface area (Å²) in [4.78, 5) is 24.0. The minimum absolute atomic E-state index is 0.00832. The predicted octanol–water partition coefficient (Wildman–Crippen LogP) is -0.191. The summed E-state index contributed by atoms with van der Waals surface area (Å²) in [6, 6.07) is 0. The van der Waals surface area contributed by atoms with Gasteiger partial charge in [0.1, 0.15) is 6.61 Å². The second-order valence-corrected chi connectivity index (χ2v) is 5.27. The fourth-order valence-electron chi connectivity index (χ4n) is 1.66. The van der Waals surface area contributed by atoms with Gasteiger partial charge in [-0.05, 0) is 13.8 Å². The number of rotatable bonds is 6. The lowest BCUT2D eigenvalue weighted by molar-refractivity contribution is -0.152. The number of carboxylic acids is 1. The summed E-state index contributed by atoms with van der Waals surface area (Å²) in [5.74, 6) is -1.05. The van der Waals surface area contributed by atoms with E-state index in [0.29, 0.717) is 0 Å². The average molecular weight is 272 g/mol. The second-order valence-electron chi connectivity index (χ2n) is 5.27. The van der Waals surface area contributed by atoms with Gasteiger partial charge in [-0.3, -0.25) is 10.1 Å². The number of carbonyl (C=O) groups excluding carboxylic acids is 1. The monoisotopic (exact) mass is 272 g/mol. The van der Waals surface area contributed by atoms with E-state index in [2.05, 4.69) is 11.9 Å². The number of β-amino-alcohol motifs (C(OH)–C–C–N with tert-alkyl or cyclic N) is 1. The number of nitrogens with one attached hydrogen (secondary N) is 1. The van der Waals surface area contributed by atoms with Gasteiger partial charge in [0.15, 0.2) is 5.54 Å². The van der Waals surface area contributed by atoms with Crippen molar-refractivity contribution in [1.82, 2.24) is 10.2 Å². The van der Waals surface area contributed by atoms with Crippen LogP contribution in [0.25, 0.3) is 0 Å². The van der Waals surface area contributed by atoms with Gasteiger partial charge >= 0.3 is 12.1 Å². The molecule has 1 rings (SSSR count). The number of aliphatic carboxylic acids is 1. The van der Waals surface area contributed by atoms with Gasteiger partial charge in [-0.15, -0.1) is 0 Å². The van der Waals surface area contributed by atoms with E-state index < -0.39 is 23.2 Å². The molecule has 0 atom stereocenters.